The zero-order valence-electron chi connectivity index (χ0n) is 15.5. The van der Waals surface area contributed by atoms with Gasteiger partial charge in [-0.15, -0.1) is 0 Å². The third-order valence-electron chi connectivity index (χ3n) is 3.45. The fraction of sp³-hybridized carbons (Fsp3) is 0.632. The van der Waals surface area contributed by atoms with Gasteiger partial charge in [0.15, 0.2) is 0 Å². The summed E-state index contributed by atoms with van der Waals surface area (Å²) < 4.78 is 0. The van der Waals surface area contributed by atoms with Gasteiger partial charge in [0.1, 0.15) is 0 Å². The minimum absolute atomic E-state index is 0.158. The van der Waals surface area contributed by atoms with Crippen molar-refractivity contribution in [2.45, 2.75) is 59.0 Å². The smallest absolute Gasteiger partial charge is 0.305 e. The van der Waals surface area contributed by atoms with Crippen molar-refractivity contribution >= 4 is 5.97 Å². The molecular weight excluding hydrogens is 306 g/mol. The average molecular weight is 341 g/mol. The summed E-state index contributed by atoms with van der Waals surface area (Å²) in [5.74, 6) is 0.0273. The Balaban J connectivity index is 0. The Morgan fingerprint density at radius 1 is 1.25 bits per heavy atom. The van der Waals surface area contributed by atoms with E-state index in [1.807, 2.05) is 12.2 Å². The highest BCUT2D eigenvalue weighted by molar-refractivity contribution is 5.67. The maximum Gasteiger partial charge on any atom is 0.305 e. The zero-order valence-corrected chi connectivity index (χ0v) is 15.5. The van der Waals surface area contributed by atoms with Crippen molar-refractivity contribution in [1.29, 1.82) is 0 Å². The summed E-state index contributed by atoms with van der Waals surface area (Å²) in [5.41, 5.74) is 3.08. The quantitative estimate of drug-likeness (QED) is 0.260. The highest BCUT2D eigenvalue weighted by Crippen LogP contribution is 2.17. The number of rotatable bonds is 11. The van der Waals surface area contributed by atoms with Crippen molar-refractivity contribution < 1.29 is 20.2 Å². The molecule has 4 N–H and O–H groups in total. The number of nitrogens with one attached hydrogen (secondary N) is 1. The number of hydroxylamine groups is 1. The maximum absolute atomic E-state index is 10.5. The Bertz CT molecular complexity index is 391. The molecule has 0 fully saturated rings. The van der Waals surface area contributed by atoms with E-state index in [0.717, 1.165) is 19.3 Å². The number of carbonyl (C=O) groups is 1. The van der Waals surface area contributed by atoms with Crippen molar-refractivity contribution in [1.82, 2.24) is 5.48 Å². The normalized spacial score (nSPS) is 15.3. The highest BCUT2D eigenvalue weighted by Gasteiger charge is 2.11. The Hall–Kier alpha value is -1.43. The van der Waals surface area contributed by atoms with Gasteiger partial charge in [-0.1, -0.05) is 50.3 Å². The van der Waals surface area contributed by atoms with E-state index in [9.17, 15) is 9.90 Å². The Morgan fingerprint density at radius 2 is 1.83 bits per heavy atom. The molecule has 0 aliphatic carbocycles. The number of allylic oxidation sites excluding steroid dienone is 5. The van der Waals surface area contributed by atoms with E-state index >= 15 is 0 Å². The number of aliphatic carboxylic acids is 1. The molecule has 140 valence electrons. The first-order valence-electron chi connectivity index (χ1n) is 8.42. The highest BCUT2D eigenvalue weighted by atomic mass is 16.5. The van der Waals surface area contributed by atoms with Crippen LogP contribution in [0.4, 0.5) is 0 Å². The Kier molecular flexibility index (Phi) is 17.0. The Labute approximate surface area is 146 Å². The fourth-order valence-electron chi connectivity index (χ4n) is 2.29. The second-order valence-electron chi connectivity index (χ2n) is 6.25. The zero-order chi connectivity index (χ0) is 19.0. The molecule has 3 atom stereocenters. The second kappa shape index (κ2) is 16.4. The van der Waals surface area contributed by atoms with Gasteiger partial charge in [0.2, 0.25) is 0 Å². The van der Waals surface area contributed by atoms with Crippen molar-refractivity contribution in [2.24, 2.45) is 11.8 Å². The van der Waals surface area contributed by atoms with Crippen LogP contribution in [-0.2, 0) is 4.79 Å². The largest absolute Gasteiger partial charge is 0.481 e. The summed E-state index contributed by atoms with van der Waals surface area (Å²) in [6.07, 6.45) is 10.8. The van der Waals surface area contributed by atoms with Crippen molar-refractivity contribution in [3.63, 3.8) is 0 Å². The molecule has 0 aromatic carbocycles. The van der Waals surface area contributed by atoms with Crippen LogP contribution in [0.5, 0.6) is 0 Å². The van der Waals surface area contributed by atoms with Crippen LogP contribution < -0.4 is 5.48 Å². The number of aliphatic hydroxyl groups excluding tert-OH is 1. The van der Waals surface area contributed by atoms with Gasteiger partial charge in [0, 0.05) is 7.05 Å². The van der Waals surface area contributed by atoms with Crippen LogP contribution in [0.1, 0.15) is 52.9 Å². The SMILES string of the molecule is C=C/C=C(\C)CC(C)/C=C/CC(C)CCC(O)CC(=O)O.CNO. The van der Waals surface area contributed by atoms with Gasteiger partial charge < -0.3 is 15.4 Å². The third kappa shape index (κ3) is 18.6. The Morgan fingerprint density at radius 3 is 2.33 bits per heavy atom. The lowest BCUT2D eigenvalue weighted by Crippen LogP contribution is -2.13. The minimum Gasteiger partial charge on any atom is -0.481 e. The van der Waals surface area contributed by atoms with Gasteiger partial charge in [-0.2, -0.15) is 0 Å². The second-order valence-corrected chi connectivity index (χ2v) is 6.25. The lowest BCUT2D eigenvalue weighted by molar-refractivity contribution is -0.139. The standard InChI is InChI=1S/C18H30O3.CH5NO/c1-5-7-15(3)12-16(4)9-6-8-14(2)10-11-17(19)13-18(20)21;1-2-3/h5-7,9,14,16-17,19H,1,8,10-13H2,2-4H3,(H,20,21);2-3H,1H3/b9-6+,15-7+;. The fourth-order valence-corrected chi connectivity index (χ4v) is 2.29. The van der Waals surface area contributed by atoms with Crippen LogP contribution in [0.25, 0.3) is 0 Å². The van der Waals surface area contributed by atoms with E-state index in [0.29, 0.717) is 18.3 Å². The molecule has 3 unspecified atom stereocenters. The first-order chi connectivity index (χ1) is 11.3. The number of carboxylic acid groups (broad SMARTS) is 1. The number of carboxylic acids is 1. The third-order valence-corrected chi connectivity index (χ3v) is 3.45. The first kappa shape index (κ1) is 24.8. The molecule has 0 bridgehead atoms. The molecule has 0 saturated carbocycles. The van der Waals surface area contributed by atoms with E-state index in [-0.39, 0.29) is 6.42 Å². The van der Waals surface area contributed by atoms with Gasteiger partial charge in [-0.3, -0.25) is 4.79 Å². The monoisotopic (exact) mass is 341 g/mol. The molecule has 0 amide bonds. The summed E-state index contributed by atoms with van der Waals surface area (Å²) in [5, 5.41) is 25.4. The molecule has 0 aliphatic heterocycles. The van der Waals surface area contributed by atoms with Crippen LogP contribution in [0, 0.1) is 11.8 Å². The van der Waals surface area contributed by atoms with E-state index in [4.69, 9.17) is 10.3 Å². The number of aliphatic hydroxyl groups is 1. The van der Waals surface area contributed by atoms with E-state index in [1.165, 1.54) is 12.6 Å². The molecule has 0 heterocycles. The molecule has 24 heavy (non-hydrogen) atoms. The molecular formula is C19H35NO4. The number of hydrogen-bond acceptors (Lipinski definition) is 4. The molecule has 0 aromatic rings. The van der Waals surface area contributed by atoms with Crippen LogP contribution in [-0.4, -0.2) is 34.5 Å². The van der Waals surface area contributed by atoms with Gasteiger partial charge in [-0.25, -0.2) is 5.48 Å². The minimum atomic E-state index is -0.938. The summed E-state index contributed by atoms with van der Waals surface area (Å²) in [7, 11) is 1.43. The maximum atomic E-state index is 10.5. The van der Waals surface area contributed by atoms with Gasteiger partial charge >= 0.3 is 5.97 Å². The van der Waals surface area contributed by atoms with Crippen molar-refractivity contribution in [3.8, 4) is 0 Å². The predicted molar refractivity (Wildman–Crippen MR) is 99.0 cm³/mol. The molecule has 5 nitrogen and oxygen atoms in total. The molecule has 0 spiro atoms. The van der Waals surface area contributed by atoms with Crippen LogP contribution >= 0.6 is 0 Å². The first-order valence-corrected chi connectivity index (χ1v) is 8.42. The summed E-state index contributed by atoms with van der Waals surface area (Å²) in [4.78, 5) is 10.5. The van der Waals surface area contributed by atoms with E-state index < -0.39 is 12.1 Å². The molecule has 0 rings (SSSR count). The molecule has 0 aromatic heterocycles. The van der Waals surface area contributed by atoms with Crippen molar-refractivity contribution in [2.75, 3.05) is 7.05 Å². The van der Waals surface area contributed by atoms with Gasteiger partial charge in [0.05, 0.1) is 12.5 Å². The van der Waals surface area contributed by atoms with Crippen molar-refractivity contribution in [3.05, 3.63) is 36.5 Å². The van der Waals surface area contributed by atoms with Crippen LogP contribution in [0.15, 0.2) is 36.5 Å². The summed E-state index contributed by atoms with van der Waals surface area (Å²) in [6.45, 7) is 10.1. The van der Waals surface area contributed by atoms with Crippen LogP contribution in [0.2, 0.25) is 0 Å². The predicted octanol–water partition coefficient (Wildman–Crippen LogP) is 3.94. The van der Waals surface area contributed by atoms with Gasteiger partial charge in [-0.05, 0) is 44.4 Å². The van der Waals surface area contributed by atoms with E-state index in [2.05, 4.69) is 39.5 Å². The molecule has 0 radical (unpaired) electrons. The topological polar surface area (TPSA) is 89.8 Å². The average Bonchev–Trinajstić information content (AvgIpc) is 2.45. The summed E-state index contributed by atoms with van der Waals surface area (Å²) in [6, 6.07) is 0. The lowest BCUT2D eigenvalue weighted by atomic mass is 9.96. The number of hydrogen-bond donors (Lipinski definition) is 4. The van der Waals surface area contributed by atoms with Gasteiger partial charge in [0.25, 0.3) is 0 Å². The lowest BCUT2D eigenvalue weighted by Gasteiger charge is -2.12. The van der Waals surface area contributed by atoms with Crippen LogP contribution in [0.3, 0.4) is 0 Å². The molecule has 0 aliphatic rings. The molecule has 5 heteroatoms. The van der Waals surface area contributed by atoms with E-state index in [1.54, 1.807) is 5.48 Å². The summed E-state index contributed by atoms with van der Waals surface area (Å²) >= 11 is 0. The molecule has 0 saturated heterocycles.